The second-order valence-corrected chi connectivity index (χ2v) is 6.43. The van der Waals surface area contributed by atoms with Crippen LogP contribution in [0, 0.1) is 12.0 Å². The van der Waals surface area contributed by atoms with Crippen LogP contribution in [0.2, 0.25) is 0 Å². The van der Waals surface area contributed by atoms with E-state index >= 15 is 0 Å². The predicted octanol–water partition coefficient (Wildman–Crippen LogP) is 5.91. The molecule has 24 heavy (non-hydrogen) atoms. The van der Waals surface area contributed by atoms with E-state index in [4.69, 9.17) is 4.74 Å². The third kappa shape index (κ3) is 4.86. The SMILES string of the molecule is CC1CCC(c2ccc(OC(F)(F)c3cc[c-]cc3)cc2)CC1.[Y]. The summed E-state index contributed by atoms with van der Waals surface area (Å²) in [7, 11) is 0. The first-order valence-corrected chi connectivity index (χ1v) is 8.18. The van der Waals surface area contributed by atoms with Crippen molar-refractivity contribution >= 4 is 0 Å². The Morgan fingerprint density at radius 2 is 1.54 bits per heavy atom. The van der Waals surface area contributed by atoms with Gasteiger partial charge in [-0.2, -0.15) is 39.1 Å². The maximum absolute atomic E-state index is 14.1. The molecule has 0 bridgehead atoms. The van der Waals surface area contributed by atoms with Gasteiger partial charge in [0.2, 0.25) is 0 Å². The Morgan fingerprint density at radius 3 is 2.12 bits per heavy atom. The van der Waals surface area contributed by atoms with Gasteiger partial charge in [-0.05, 0) is 47.9 Å². The third-order valence-corrected chi connectivity index (χ3v) is 4.67. The van der Waals surface area contributed by atoms with Gasteiger partial charge in [-0.1, -0.05) is 31.9 Å². The Hall–Kier alpha value is -0.796. The van der Waals surface area contributed by atoms with E-state index < -0.39 is 6.11 Å². The number of rotatable bonds is 4. The summed E-state index contributed by atoms with van der Waals surface area (Å²) in [6.07, 6.45) is 1.50. The molecule has 0 atom stereocenters. The molecule has 125 valence electrons. The Bertz CT molecular complexity index is 620. The fraction of sp³-hybridized carbons (Fsp3) is 0.400. The molecule has 0 saturated heterocycles. The molecular weight excluding hydrogens is 383 g/mol. The van der Waals surface area contributed by atoms with Gasteiger partial charge in [0.25, 0.3) is 0 Å². The van der Waals surface area contributed by atoms with Gasteiger partial charge in [0.15, 0.2) is 0 Å². The molecule has 0 heterocycles. The number of halogens is 2. The summed E-state index contributed by atoms with van der Waals surface area (Å²) in [5, 5.41) is 0. The smallest absolute Gasteiger partial charge is 0.404 e. The molecule has 1 aliphatic rings. The molecule has 1 nitrogen and oxygen atoms in total. The Balaban J connectivity index is 0.00000208. The first-order valence-electron chi connectivity index (χ1n) is 8.18. The number of alkyl halides is 2. The van der Waals surface area contributed by atoms with Crippen molar-refractivity contribution in [2.75, 3.05) is 0 Å². The van der Waals surface area contributed by atoms with Crippen LogP contribution in [0.4, 0.5) is 8.78 Å². The van der Waals surface area contributed by atoms with Crippen molar-refractivity contribution in [2.45, 2.75) is 44.6 Å². The monoisotopic (exact) mass is 404 g/mol. The molecule has 1 saturated carbocycles. The summed E-state index contributed by atoms with van der Waals surface area (Å²) in [6.45, 7) is 2.29. The van der Waals surface area contributed by atoms with Crippen molar-refractivity contribution in [3.8, 4) is 5.75 Å². The molecule has 0 unspecified atom stereocenters. The molecule has 0 N–H and O–H groups in total. The van der Waals surface area contributed by atoms with Gasteiger partial charge in [-0.3, -0.25) is 0 Å². The fourth-order valence-electron chi connectivity index (χ4n) is 3.19. The summed E-state index contributed by atoms with van der Waals surface area (Å²) < 4.78 is 33.1. The van der Waals surface area contributed by atoms with Crippen molar-refractivity contribution in [1.82, 2.24) is 0 Å². The molecule has 0 aromatic heterocycles. The zero-order valence-corrected chi connectivity index (χ0v) is 16.7. The zero-order chi connectivity index (χ0) is 16.3. The molecule has 2 aromatic rings. The van der Waals surface area contributed by atoms with Crippen molar-refractivity contribution in [2.24, 2.45) is 5.92 Å². The molecule has 1 radical (unpaired) electrons. The van der Waals surface area contributed by atoms with Crippen LogP contribution in [0.5, 0.6) is 5.75 Å². The summed E-state index contributed by atoms with van der Waals surface area (Å²) >= 11 is 0. The topological polar surface area (TPSA) is 9.23 Å². The predicted molar refractivity (Wildman–Crippen MR) is 86.6 cm³/mol. The van der Waals surface area contributed by atoms with Crippen LogP contribution in [0.15, 0.2) is 48.5 Å². The summed E-state index contributed by atoms with van der Waals surface area (Å²) in [4.78, 5) is 0. The average molecular weight is 404 g/mol. The van der Waals surface area contributed by atoms with Crippen LogP contribution in [-0.2, 0) is 38.8 Å². The van der Waals surface area contributed by atoms with Crippen LogP contribution in [-0.4, -0.2) is 0 Å². The van der Waals surface area contributed by atoms with Crippen molar-refractivity contribution < 1.29 is 46.2 Å². The minimum Gasteiger partial charge on any atom is -0.430 e. The average Bonchev–Trinajstić information content (AvgIpc) is 2.57. The molecule has 0 spiro atoms. The second kappa shape index (κ2) is 8.53. The van der Waals surface area contributed by atoms with Gasteiger partial charge in [0.05, 0.1) is 0 Å². The Kier molecular flexibility index (Phi) is 6.94. The van der Waals surface area contributed by atoms with Crippen LogP contribution in [0.3, 0.4) is 0 Å². The number of hydrogen-bond acceptors (Lipinski definition) is 1. The number of benzene rings is 2. The van der Waals surface area contributed by atoms with Gasteiger partial charge in [-0.15, -0.1) is 0 Å². The first-order chi connectivity index (χ1) is 11.0. The number of hydrogen-bond donors (Lipinski definition) is 0. The minimum absolute atomic E-state index is 0. The summed E-state index contributed by atoms with van der Waals surface area (Å²) in [6, 6.07) is 15.4. The maximum Gasteiger partial charge on any atom is 0.404 e. The second-order valence-electron chi connectivity index (χ2n) is 6.43. The van der Waals surface area contributed by atoms with E-state index in [-0.39, 0.29) is 44.0 Å². The molecule has 0 amide bonds. The van der Waals surface area contributed by atoms with Gasteiger partial charge in [-0.25, -0.2) is 0 Å². The van der Waals surface area contributed by atoms with Crippen LogP contribution >= 0.6 is 0 Å². The van der Waals surface area contributed by atoms with Crippen LogP contribution in [0.1, 0.15) is 49.7 Å². The molecular formula is C20H21F2OY-. The normalized spacial score (nSPS) is 21.0. The first kappa shape index (κ1) is 19.5. The largest absolute Gasteiger partial charge is 0.430 e. The van der Waals surface area contributed by atoms with Gasteiger partial charge in [0, 0.05) is 32.7 Å². The summed E-state index contributed by atoms with van der Waals surface area (Å²) in [5.74, 6) is 1.54. The van der Waals surface area contributed by atoms with Crippen LogP contribution in [0.25, 0.3) is 0 Å². The van der Waals surface area contributed by atoms with Crippen LogP contribution < -0.4 is 4.74 Å². The molecule has 1 fully saturated rings. The fourth-order valence-corrected chi connectivity index (χ4v) is 3.19. The standard InChI is InChI=1S/C20H21F2O.Y/c1-15-7-9-16(10-8-15)17-11-13-19(14-12-17)23-20(21,22)18-5-3-2-4-6-18;/h3-6,11-16H,7-10H2,1H3;/q-1;. The van der Waals surface area contributed by atoms with Gasteiger partial charge >= 0.3 is 6.11 Å². The van der Waals surface area contributed by atoms with Crippen molar-refractivity contribution in [1.29, 1.82) is 0 Å². The molecule has 1 aliphatic carbocycles. The van der Waals surface area contributed by atoms with Gasteiger partial charge in [0.1, 0.15) is 5.75 Å². The number of ether oxygens (including phenoxy) is 1. The summed E-state index contributed by atoms with van der Waals surface area (Å²) in [5.41, 5.74) is 1.06. The molecule has 0 aliphatic heterocycles. The van der Waals surface area contributed by atoms with Gasteiger partial charge < -0.3 is 4.74 Å². The van der Waals surface area contributed by atoms with E-state index in [0.29, 0.717) is 5.92 Å². The van der Waals surface area contributed by atoms with E-state index in [1.165, 1.54) is 55.5 Å². The van der Waals surface area contributed by atoms with E-state index in [1.54, 1.807) is 12.1 Å². The molecule has 2 aromatic carbocycles. The van der Waals surface area contributed by atoms with E-state index in [1.807, 2.05) is 12.1 Å². The quantitative estimate of drug-likeness (QED) is 0.576. The van der Waals surface area contributed by atoms with E-state index in [9.17, 15) is 8.78 Å². The van der Waals surface area contributed by atoms with Crippen molar-refractivity contribution in [3.63, 3.8) is 0 Å². The van der Waals surface area contributed by atoms with E-state index in [0.717, 1.165) is 5.92 Å². The van der Waals surface area contributed by atoms with Crippen molar-refractivity contribution in [3.05, 3.63) is 65.7 Å². The molecule has 4 heteroatoms. The molecule has 3 rings (SSSR count). The Morgan fingerprint density at radius 1 is 0.958 bits per heavy atom. The maximum atomic E-state index is 14.1. The van der Waals surface area contributed by atoms with E-state index in [2.05, 4.69) is 13.0 Å². The zero-order valence-electron chi connectivity index (χ0n) is 13.8. The Labute approximate surface area is 167 Å². The minimum atomic E-state index is -3.34. The third-order valence-electron chi connectivity index (χ3n) is 4.67.